The van der Waals surface area contributed by atoms with E-state index in [0.717, 1.165) is 25.7 Å². The Hall–Kier alpha value is -0.795. The summed E-state index contributed by atoms with van der Waals surface area (Å²) in [5, 5.41) is 14.5. The van der Waals surface area contributed by atoms with Gasteiger partial charge in [-0.1, -0.05) is 44.2 Å². The molecule has 3 heterocycles. The molecule has 2 aliphatic rings. The van der Waals surface area contributed by atoms with Gasteiger partial charge in [0.15, 0.2) is 7.28 Å². The molecule has 2 atom stereocenters. The number of hydrogen-bond donors (Lipinski definition) is 1. The fourth-order valence-corrected chi connectivity index (χ4v) is 5.05. The minimum absolute atomic E-state index is 0.111. The van der Waals surface area contributed by atoms with E-state index in [4.69, 9.17) is 0 Å². The zero-order chi connectivity index (χ0) is 13.6. The molecule has 0 spiro atoms. The van der Waals surface area contributed by atoms with E-state index >= 15 is 0 Å². The van der Waals surface area contributed by atoms with Gasteiger partial charge in [-0.05, 0) is 46.6 Å². The molecule has 4 rings (SSSR count). The molecule has 3 heteroatoms. The van der Waals surface area contributed by atoms with Gasteiger partial charge in [-0.2, -0.15) is 0 Å². The number of rotatable bonds is 1. The quantitative estimate of drug-likeness (QED) is 0.776. The fraction of sp³-hybridized carbons (Fsp3) is 0.529. The van der Waals surface area contributed by atoms with Crippen molar-refractivity contribution in [3.05, 3.63) is 35.2 Å². The van der Waals surface area contributed by atoms with E-state index in [2.05, 4.69) is 36.9 Å². The van der Waals surface area contributed by atoms with E-state index in [9.17, 15) is 5.11 Å². The monoisotopic (exact) mass is 283 g/mol. The Labute approximate surface area is 125 Å². The van der Waals surface area contributed by atoms with Crippen LogP contribution in [0.5, 0.6) is 0 Å². The summed E-state index contributed by atoms with van der Waals surface area (Å²) in [5.74, 6) is 0. The molecule has 1 nitrogen and oxygen atoms in total. The van der Waals surface area contributed by atoms with Crippen molar-refractivity contribution < 1.29 is 5.11 Å². The average molecular weight is 283 g/mol. The van der Waals surface area contributed by atoms with Gasteiger partial charge in [0.1, 0.15) is 0 Å². The van der Waals surface area contributed by atoms with Crippen LogP contribution in [0.25, 0.3) is 10.1 Å². The predicted octanol–water partition coefficient (Wildman–Crippen LogP) is 4.25. The molecule has 2 fully saturated rings. The molecule has 1 aromatic carbocycles. The van der Waals surface area contributed by atoms with Crippen molar-refractivity contribution in [1.29, 1.82) is 0 Å². The van der Waals surface area contributed by atoms with Crippen molar-refractivity contribution in [2.75, 3.05) is 0 Å². The smallest absolute Gasteiger partial charge is 0.167 e. The molecule has 1 N–H and O–H groups in total. The first-order valence-corrected chi connectivity index (χ1v) is 8.64. The lowest BCUT2D eigenvalue weighted by Gasteiger charge is -2.43. The Morgan fingerprint density at radius 3 is 2.75 bits per heavy atom. The van der Waals surface area contributed by atoms with E-state index in [-0.39, 0.29) is 5.31 Å². The number of thiophene rings is 1. The summed E-state index contributed by atoms with van der Waals surface area (Å²) < 4.78 is 1.37. The Morgan fingerprint density at radius 1 is 1.00 bits per heavy atom. The zero-order valence-electron chi connectivity index (χ0n) is 11.8. The van der Waals surface area contributed by atoms with Crippen molar-refractivity contribution >= 4 is 28.7 Å². The van der Waals surface area contributed by atoms with Crippen molar-refractivity contribution in [1.82, 2.24) is 0 Å². The minimum atomic E-state index is -0.516. The van der Waals surface area contributed by atoms with Gasteiger partial charge < -0.3 is 5.11 Å². The Bertz CT molecular complexity index is 637. The lowest BCUT2D eigenvalue weighted by atomic mass is 9.36. The van der Waals surface area contributed by atoms with Gasteiger partial charge >= 0.3 is 0 Å². The fourth-order valence-electron chi connectivity index (χ4n) is 4.28. The van der Waals surface area contributed by atoms with E-state index in [1.54, 1.807) is 0 Å². The third-order valence-electron chi connectivity index (χ3n) is 5.29. The molecule has 1 aromatic heterocycles. The Kier molecular flexibility index (Phi) is 2.97. The van der Waals surface area contributed by atoms with Crippen LogP contribution in [0.3, 0.4) is 0 Å². The van der Waals surface area contributed by atoms with E-state index in [1.165, 1.54) is 34.9 Å². The van der Waals surface area contributed by atoms with Crippen molar-refractivity contribution in [2.45, 2.75) is 55.8 Å². The molecule has 2 aromatic rings. The standard InChI is InChI=1S/C17H20BOS/c19-17-9-2-1-7-16(18-17,8-3-10-17)14-4-5-15-13(12-14)6-11-20-15/h4-6,11-12,19H,1-3,7-10H2. The molecule has 0 saturated carbocycles. The third-order valence-corrected chi connectivity index (χ3v) is 6.19. The maximum Gasteiger partial charge on any atom is 0.167 e. The van der Waals surface area contributed by atoms with Gasteiger partial charge in [-0.3, -0.25) is 0 Å². The molecule has 1 radical (unpaired) electrons. The number of fused-ring (bicyclic) bond motifs is 3. The predicted molar refractivity (Wildman–Crippen MR) is 86.5 cm³/mol. The minimum Gasteiger partial charge on any atom is -0.399 e. The van der Waals surface area contributed by atoms with Gasteiger partial charge in [-0.15, -0.1) is 11.3 Å². The number of aliphatic hydroxyl groups is 1. The second-order valence-corrected chi connectivity index (χ2v) is 7.59. The van der Waals surface area contributed by atoms with Crippen molar-refractivity contribution in [3.63, 3.8) is 0 Å². The first-order chi connectivity index (χ1) is 9.69. The normalized spacial score (nSPS) is 33.6. The molecular formula is C17H20BOS. The van der Waals surface area contributed by atoms with Gasteiger partial charge in [0, 0.05) is 10.2 Å². The molecule has 2 bridgehead atoms. The van der Waals surface area contributed by atoms with Crippen LogP contribution in [0.4, 0.5) is 0 Å². The average Bonchev–Trinajstić information content (AvgIpc) is 2.86. The van der Waals surface area contributed by atoms with Gasteiger partial charge in [0.2, 0.25) is 0 Å². The zero-order valence-corrected chi connectivity index (χ0v) is 12.6. The summed E-state index contributed by atoms with van der Waals surface area (Å²) in [6, 6.07) is 9.13. The highest BCUT2D eigenvalue weighted by Gasteiger charge is 2.46. The highest BCUT2D eigenvalue weighted by Crippen LogP contribution is 2.46. The SMILES string of the molecule is OC12[B]C(c3ccc4sccc4c3)(CCCC1)CCC2. The third kappa shape index (κ3) is 2.03. The van der Waals surface area contributed by atoms with Crippen LogP contribution < -0.4 is 0 Å². The van der Waals surface area contributed by atoms with Crippen LogP contribution in [-0.2, 0) is 5.31 Å². The molecule has 0 amide bonds. The van der Waals surface area contributed by atoms with Crippen LogP contribution in [-0.4, -0.2) is 17.9 Å². The topological polar surface area (TPSA) is 20.2 Å². The van der Waals surface area contributed by atoms with Crippen LogP contribution in [0.1, 0.15) is 50.5 Å². The van der Waals surface area contributed by atoms with Crippen LogP contribution in [0.15, 0.2) is 29.6 Å². The highest BCUT2D eigenvalue weighted by molar-refractivity contribution is 7.17. The number of hydrogen-bond acceptors (Lipinski definition) is 2. The largest absolute Gasteiger partial charge is 0.399 e. The van der Waals surface area contributed by atoms with Gasteiger partial charge in [-0.25, -0.2) is 0 Å². The first-order valence-electron chi connectivity index (χ1n) is 7.77. The number of benzene rings is 1. The summed E-state index contributed by atoms with van der Waals surface area (Å²) in [6.45, 7) is 0. The molecule has 20 heavy (non-hydrogen) atoms. The highest BCUT2D eigenvalue weighted by atomic mass is 32.1. The summed E-state index contributed by atoms with van der Waals surface area (Å²) >= 11 is 1.81. The van der Waals surface area contributed by atoms with E-state index < -0.39 is 5.50 Å². The van der Waals surface area contributed by atoms with Crippen LogP contribution >= 0.6 is 11.3 Å². The summed E-state index contributed by atoms with van der Waals surface area (Å²) in [6.07, 6.45) is 7.85. The summed E-state index contributed by atoms with van der Waals surface area (Å²) in [7, 11) is 2.31. The Balaban J connectivity index is 1.80. The maximum absolute atomic E-state index is 10.8. The molecule has 103 valence electrons. The first kappa shape index (κ1) is 12.9. The molecule has 0 aliphatic carbocycles. The van der Waals surface area contributed by atoms with E-state index in [1.807, 2.05) is 11.3 Å². The lowest BCUT2D eigenvalue weighted by molar-refractivity contribution is 0.0894. The molecule has 2 aliphatic heterocycles. The maximum atomic E-state index is 10.8. The second kappa shape index (κ2) is 4.61. The Morgan fingerprint density at radius 2 is 1.80 bits per heavy atom. The van der Waals surface area contributed by atoms with E-state index in [0.29, 0.717) is 0 Å². The van der Waals surface area contributed by atoms with Crippen molar-refractivity contribution in [3.8, 4) is 0 Å². The molecule has 2 saturated heterocycles. The second-order valence-electron chi connectivity index (χ2n) is 6.64. The van der Waals surface area contributed by atoms with Crippen molar-refractivity contribution in [2.24, 2.45) is 0 Å². The van der Waals surface area contributed by atoms with Crippen LogP contribution in [0.2, 0.25) is 0 Å². The molecule has 2 unspecified atom stereocenters. The van der Waals surface area contributed by atoms with Crippen LogP contribution in [0, 0.1) is 0 Å². The van der Waals surface area contributed by atoms with Gasteiger partial charge in [0.05, 0.1) is 0 Å². The summed E-state index contributed by atoms with van der Waals surface area (Å²) in [5.41, 5.74) is 0.904. The molecular weight excluding hydrogens is 263 g/mol. The summed E-state index contributed by atoms with van der Waals surface area (Å²) in [4.78, 5) is 0. The lowest BCUT2D eigenvalue weighted by Crippen LogP contribution is -2.51. The van der Waals surface area contributed by atoms with Gasteiger partial charge in [0.25, 0.3) is 0 Å².